The fraction of sp³-hybridized carbons (Fsp3) is 0.304. The van der Waals surface area contributed by atoms with Gasteiger partial charge in [-0.2, -0.15) is 4.39 Å². The topological polar surface area (TPSA) is 46.9 Å². The Morgan fingerprint density at radius 3 is 2.76 bits per heavy atom. The van der Waals surface area contributed by atoms with Gasteiger partial charge in [-0.05, 0) is 53.1 Å². The second-order valence-corrected chi connectivity index (χ2v) is 9.74. The molecular weight excluding hydrogens is 385 g/mol. The summed E-state index contributed by atoms with van der Waals surface area (Å²) in [4.78, 5) is 16.9. The van der Waals surface area contributed by atoms with Gasteiger partial charge in [0, 0.05) is 23.9 Å². The summed E-state index contributed by atoms with van der Waals surface area (Å²) in [5.41, 5.74) is 3.81. The van der Waals surface area contributed by atoms with Crippen molar-refractivity contribution < 1.29 is 9.18 Å². The summed E-state index contributed by atoms with van der Waals surface area (Å²) < 4.78 is 16.6. The van der Waals surface area contributed by atoms with E-state index in [4.69, 9.17) is 0 Å². The van der Waals surface area contributed by atoms with Crippen LogP contribution in [-0.2, 0) is 11.3 Å². The van der Waals surface area contributed by atoms with E-state index >= 15 is 0 Å². The van der Waals surface area contributed by atoms with E-state index in [0.717, 1.165) is 32.2 Å². The molecule has 4 rings (SSSR count). The summed E-state index contributed by atoms with van der Waals surface area (Å²) in [7, 11) is 0. The number of thiophene rings is 1. The zero-order valence-electron chi connectivity index (χ0n) is 17.0. The van der Waals surface area contributed by atoms with Crippen molar-refractivity contribution in [3.8, 4) is 0 Å². The van der Waals surface area contributed by atoms with Crippen molar-refractivity contribution in [2.24, 2.45) is 5.41 Å². The van der Waals surface area contributed by atoms with Gasteiger partial charge >= 0.3 is 0 Å². The highest BCUT2D eigenvalue weighted by molar-refractivity contribution is 7.17. The molecule has 0 radical (unpaired) electrons. The Labute approximate surface area is 173 Å². The Balaban J connectivity index is 1.59. The molecule has 0 unspecified atom stereocenters. The minimum atomic E-state index is -0.163. The van der Waals surface area contributed by atoms with Crippen LogP contribution in [0.1, 0.15) is 38.3 Å². The number of carbonyl (C=O) groups excluding carboxylic acids is 1. The number of hydrogen-bond donors (Lipinski definition) is 1. The van der Waals surface area contributed by atoms with E-state index in [1.54, 1.807) is 6.07 Å². The number of aromatic nitrogens is 2. The van der Waals surface area contributed by atoms with E-state index in [-0.39, 0.29) is 16.5 Å². The standard InChI is InChI=1S/C23H24FN3OS/c1-14-9-18-17(25-22(14)26-21(28)12-23(2,3)4)7-8-27(18)13-15-5-6-16-11-20(24)29-19(16)10-15/h5-11H,12-13H2,1-4H3,(H,25,26,28). The number of halogens is 1. The number of aryl methyl sites for hydroxylation is 1. The lowest BCUT2D eigenvalue weighted by atomic mass is 9.92. The van der Waals surface area contributed by atoms with Gasteiger partial charge in [-0.1, -0.05) is 32.9 Å². The molecule has 1 amide bonds. The minimum Gasteiger partial charge on any atom is -0.342 e. The first kappa shape index (κ1) is 19.6. The van der Waals surface area contributed by atoms with Crippen molar-refractivity contribution in [1.82, 2.24) is 9.55 Å². The number of fused-ring (bicyclic) bond motifs is 2. The second kappa shape index (κ2) is 7.26. The van der Waals surface area contributed by atoms with Gasteiger partial charge in [0.05, 0.1) is 11.0 Å². The van der Waals surface area contributed by atoms with Crippen LogP contribution in [0.4, 0.5) is 10.2 Å². The molecule has 0 saturated heterocycles. The number of rotatable bonds is 4. The summed E-state index contributed by atoms with van der Waals surface area (Å²) in [6.07, 6.45) is 2.44. The molecule has 0 aliphatic rings. The molecule has 3 heterocycles. The van der Waals surface area contributed by atoms with Crippen LogP contribution in [0.3, 0.4) is 0 Å². The maximum atomic E-state index is 13.5. The molecular formula is C23H24FN3OS. The second-order valence-electron chi connectivity index (χ2n) is 8.71. The van der Waals surface area contributed by atoms with E-state index < -0.39 is 0 Å². The predicted octanol–water partition coefficient (Wildman–Crippen LogP) is 6.12. The van der Waals surface area contributed by atoms with Gasteiger partial charge in [0.1, 0.15) is 5.82 Å². The van der Waals surface area contributed by atoms with Gasteiger partial charge in [-0.3, -0.25) is 4.79 Å². The van der Waals surface area contributed by atoms with Gasteiger partial charge in [0.2, 0.25) is 5.91 Å². The number of amides is 1. The third kappa shape index (κ3) is 4.32. The lowest BCUT2D eigenvalue weighted by Gasteiger charge is -2.17. The normalized spacial score (nSPS) is 12.0. The van der Waals surface area contributed by atoms with Crippen molar-refractivity contribution in [2.75, 3.05) is 5.32 Å². The number of carbonyl (C=O) groups is 1. The van der Waals surface area contributed by atoms with Crippen molar-refractivity contribution in [3.63, 3.8) is 0 Å². The molecule has 1 aromatic carbocycles. The molecule has 0 aliphatic heterocycles. The molecule has 6 heteroatoms. The molecule has 0 bridgehead atoms. The summed E-state index contributed by atoms with van der Waals surface area (Å²) in [5.74, 6) is 0.586. The fourth-order valence-corrected chi connectivity index (χ4v) is 4.32. The molecule has 0 aliphatic carbocycles. The molecule has 150 valence electrons. The molecule has 3 aromatic heterocycles. The average Bonchev–Trinajstić information content (AvgIpc) is 3.16. The van der Waals surface area contributed by atoms with Crippen LogP contribution >= 0.6 is 11.3 Å². The van der Waals surface area contributed by atoms with Crippen LogP contribution in [0.15, 0.2) is 42.6 Å². The SMILES string of the molecule is Cc1cc2c(ccn2Cc2ccc3cc(F)sc3c2)nc1NC(=O)CC(C)(C)C. The summed E-state index contributed by atoms with van der Waals surface area (Å²) in [6.45, 7) is 8.75. The smallest absolute Gasteiger partial charge is 0.226 e. The Morgan fingerprint density at radius 1 is 1.21 bits per heavy atom. The molecule has 1 N–H and O–H groups in total. The summed E-state index contributed by atoms with van der Waals surface area (Å²) in [6, 6.07) is 11.6. The molecule has 0 saturated carbocycles. The first-order chi connectivity index (χ1) is 13.7. The Bertz CT molecular complexity index is 1220. The molecule has 4 aromatic rings. The van der Waals surface area contributed by atoms with Crippen LogP contribution in [0.25, 0.3) is 21.1 Å². The maximum Gasteiger partial charge on any atom is 0.226 e. The number of hydrogen-bond acceptors (Lipinski definition) is 3. The number of nitrogens with one attached hydrogen (secondary N) is 1. The molecule has 4 nitrogen and oxygen atoms in total. The highest BCUT2D eigenvalue weighted by Crippen LogP contribution is 2.27. The van der Waals surface area contributed by atoms with Crippen LogP contribution in [0.5, 0.6) is 0 Å². The Kier molecular flexibility index (Phi) is 4.90. The summed E-state index contributed by atoms with van der Waals surface area (Å²) in [5, 5.41) is 3.72. The van der Waals surface area contributed by atoms with E-state index in [2.05, 4.69) is 20.9 Å². The van der Waals surface area contributed by atoms with Gasteiger partial charge in [0.25, 0.3) is 0 Å². The Hall–Kier alpha value is -2.73. The molecule has 0 atom stereocenters. The summed E-state index contributed by atoms with van der Waals surface area (Å²) >= 11 is 1.17. The third-order valence-electron chi connectivity index (χ3n) is 4.80. The lowest BCUT2D eigenvalue weighted by molar-refractivity contribution is -0.117. The first-order valence-corrected chi connectivity index (χ1v) is 10.4. The van der Waals surface area contributed by atoms with Crippen molar-refractivity contribution >= 4 is 44.2 Å². The predicted molar refractivity (Wildman–Crippen MR) is 118 cm³/mol. The molecule has 0 fully saturated rings. The number of nitrogens with zero attached hydrogens (tertiary/aromatic N) is 2. The van der Waals surface area contributed by atoms with Gasteiger partial charge in [-0.15, -0.1) is 11.3 Å². The van der Waals surface area contributed by atoms with Crippen LogP contribution in [-0.4, -0.2) is 15.5 Å². The monoisotopic (exact) mass is 409 g/mol. The van der Waals surface area contributed by atoms with E-state index in [1.807, 2.05) is 58.2 Å². The zero-order valence-corrected chi connectivity index (χ0v) is 17.9. The highest BCUT2D eigenvalue weighted by Gasteiger charge is 2.17. The highest BCUT2D eigenvalue weighted by atomic mass is 32.1. The van der Waals surface area contributed by atoms with Crippen molar-refractivity contribution in [1.29, 1.82) is 0 Å². The number of pyridine rings is 1. The number of benzene rings is 1. The maximum absolute atomic E-state index is 13.5. The quantitative estimate of drug-likeness (QED) is 0.441. The van der Waals surface area contributed by atoms with Gasteiger partial charge in [-0.25, -0.2) is 4.98 Å². The molecule has 29 heavy (non-hydrogen) atoms. The van der Waals surface area contributed by atoms with Crippen LogP contribution in [0.2, 0.25) is 0 Å². The van der Waals surface area contributed by atoms with Gasteiger partial charge < -0.3 is 9.88 Å². The van der Waals surface area contributed by atoms with Crippen molar-refractivity contribution in [3.05, 3.63) is 58.9 Å². The minimum absolute atomic E-state index is 0.0247. The largest absolute Gasteiger partial charge is 0.342 e. The van der Waals surface area contributed by atoms with Crippen LogP contribution in [0, 0.1) is 17.5 Å². The first-order valence-electron chi connectivity index (χ1n) is 9.62. The van der Waals surface area contributed by atoms with E-state index in [9.17, 15) is 9.18 Å². The van der Waals surface area contributed by atoms with E-state index in [1.165, 1.54) is 11.3 Å². The van der Waals surface area contributed by atoms with E-state index in [0.29, 0.717) is 18.8 Å². The number of anilines is 1. The average molecular weight is 410 g/mol. The third-order valence-corrected chi connectivity index (χ3v) is 5.69. The lowest BCUT2D eigenvalue weighted by Crippen LogP contribution is -2.20. The van der Waals surface area contributed by atoms with Gasteiger partial charge in [0.15, 0.2) is 5.13 Å². The van der Waals surface area contributed by atoms with Crippen molar-refractivity contribution in [2.45, 2.75) is 40.7 Å². The zero-order chi connectivity index (χ0) is 20.8. The van der Waals surface area contributed by atoms with Crippen LogP contribution < -0.4 is 5.32 Å². The Morgan fingerprint density at radius 2 is 2.00 bits per heavy atom. The molecule has 0 spiro atoms. The fourth-order valence-electron chi connectivity index (χ4n) is 3.47.